The highest BCUT2D eigenvalue weighted by Gasteiger charge is 2.37. The van der Waals surface area contributed by atoms with E-state index >= 15 is 0 Å². The molecule has 2 N–H and O–H groups in total. The van der Waals surface area contributed by atoms with E-state index in [-0.39, 0.29) is 11.9 Å². The second kappa shape index (κ2) is 8.16. The summed E-state index contributed by atoms with van der Waals surface area (Å²) in [6.07, 6.45) is 0.754. The molecule has 0 radical (unpaired) electrons. The number of nitrogens with zero attached hydrogens (tertiary/aromatic N) is 3. The van der Waals surface area contributed by atoms with Crippen LogP contribution in [-0.4, -0.2) is 33.1 Å². The van der Waals surface area contributed by atoms with Crippen LogP contribution in [0.4, 0.5) is 5.69 Å². The first kappa shape index (κ1) is 19.3. The van der Waals surface area contributed by atoms with Crippen LogP contribution in [0.3, 0.4) is 0 Å². The number of anilines is 1. The number of methoxy groups -OCH3 is 1. The van der Waals surface area contributed by atoms with Gasteiger partial charge in [0.2, 0.25) is 11.1 Å². The van der Waals surface area contributed by atoms with Gasteiger partial charge in [-0.1, -0.05) is 48.5 Å². The van der Waals surface area contributed by atoms with Crippen molar-refractivity contribution in [3.8, 4) is 5.75 Å². The first-order chi connectivity index (χ1) is 14.1. The molecule has 2 heterocycles. The molecule has 29 heavy (non-hydrogen) atoms. The predicted molar refractivity (Wildman–Crippen MR) is 114 cm³/mol. The number of aryl methyl sites for hydroxylation is 2. The van der Waals surface area contributed by atoms with Crippen LogP contribution < -0.4 is 15.5 Å². The molecule has 1 aliphatic heterocycles. The van der Waals surface area contributed by atoms with Crippen molar-refractivity contribution in [2.24, 2.45) is 0 Å². The number of thioether (sulfide) groups is 1. The molecule has 0 saturated heterocycles. The van der Waals surface area contributed by atoms with Gasteiger partial charge in [-0.25, -0.2) is 4.68 Å². The summed E-state index contributed by atoms with van der Waals surface area (Å²) in [7, 11) is 1.62. The Morgan fingerprint density at radius 2 is 1.90 bits per heavy atom. The van der Waals surface area contributed by atoms with Crippen LogP contribution in [0.25, 0.3) is 0 Å². The highest BCUT2D eigenvalue weighted by Crippen LogP contribution is 2.37. The lowest BCUT2D eigenvalue weighted by Crippen LogP contribution is -2.41. The molecule has 7 nitrogen and oxygen atoms in total. The van der Waals surface area contributed by atoms with Gasteiger partial charge in [-0.05, 0) is 36.8 Å². The molecule has 2 aromatic carbocycles. The van der Waals surface area contributed by atoms with Crippen LogP contribution in [0.15, 0.2) is 53.7 Å². The number of hydrogen-bond acceptors (Lipinski definition) is 6. The maximum Gasteiger partial charge on any atom is 0.240 e. The summed E-state index contributed by atoms with van der Waals surface area (Å²) in [5, 5.41) is 11.8. The zero-order chi connectivity index (χ0) is 20.4. The maximum atomic E-state index is 13.2. The van der Waals surface area contributed by atoms with E-state index in [0.717, 1.165) is 29.2 Å². The highest BCUT2D eigenvalue weighted by atomic mass is 32.2. The Morgan fingerprint density at radius 3 is 2.55 bits per heavy atom. The van der Waals surface area contributed by atoms with Crippen molar-refractivity contribution in [3.63, 3.8) is 0 Å². The number of fused-ring (bicyclic) bond motifs is 1. The Hall–Kier alpha value is -3.00. The first-order valence-corrected chi connectivity index (χ1v) is 10.4. The molecule has 3 aromatic rings. The van der Waals surface area contributed by atoms with E-state index in [2.05, 4.69) is 45.2 Å². The molecule has 0 fully saturated rings. The number of rotatable bonds is 5. The van der Waals surface area contributed by atoms with E-state index in [0.29, 0.717) is 5.16 Å². The standard InChI is InChI=1S/C21H23N5O2S/c1-4-17-23-24-21-26(17)25-18(14-7-5-13(2)6-8-14)19(29-21)20(27)22-15-9-11-16(28-3)12-10-15/h5-12,18-19,25H,4H2,1-3H3,(H,22,27)/t18-,19+/m1/s1. The van der Waals surface area contributed by atoms with E-state index < -0.39 is 5.25 Å². The Labute approximate surface area is 173 Å². The van der Waals surface area contributed by atoms with E-state index in [1.807, 2.05) is 42.8 Å². The van der Waals surface area contributed by atoms with Gasteiger partial charge in [-0.3, -0.25) is 4.79 Å². The van der Waals surface area contributed by atoms with Gasteiger partial charge >= 0.3 is 0 Å². The van der Waals surface area contributed by atoms with Crippen molar-refractivity contribution in [2.45, 2.75) is 36.7 Å². The largest absolute Gasteiger partial charge is 0.497 e. The third-order valence-corrected chi connectivity index (χ3v) is 6.09. The molecule has 1 amide bonds. The quantitative estimate of drug-likeness (QED) is 0.671. The van der Waals surface area contributed by atoms with Gasteiger partial charge in [0.15, 0.2) is 5.82 Å². The minimum absolute atomic E-state index is 0.0921. The monoisotopic (exact) mass is 409 g/mol. The van der Waals surface area contributed by atoms with Crippen LogP contribution in [0.1, 0.15) is 29.9 Å². The molecular formula is C21H23N5O2S. The van der Waals surface area contributed by atoms with E-state index in [1.165, 1.54) is 17.3 Å². The van der Waals surface area contributed by atoms with Crippen molar-refractivity contribution in [1.29, 1.82) is 0 Å². The van der Waals surface area contributed by atoms with Gasteiger partial charge in [0.1, 0.15) is 11.0 Å². The molecule has 2 atom stereocenters. The van der Waals surface area contributed by atoms with Gasteiger partial charge in [-0.2, -0.15) is 0 Å². The maximum absolute atomic E-state index is 13.2. The van der Waals surface area contributed by atoms with E-state index in [9.17, 15) is 4.79 Å². The smallest absolute Gasteiger partial charge is 0.240 e. The normalized spacial score (nSPS) is 17.9. The van der Waals surface area contributed by atoms with Crippen LogP contribution >= 0.6 is 11.8 Å². The van der Waals surface area contributed by atoms with Crippen LogP contribution in [0.5, 0.6) is 5.75 Å². The molecule has 0 saturated carbocycles. The summed E-state index contributed by atoms with van der Waals surface area (Å²) in [5.74, 6) is 1.50. The van der Waals surface area contributed by atoms with Gasteiger partial charge in [0.25, 0.3) is 0 Å². The molecule has 150 valence electrons. The number of benzene rings is 2. The summed E-state index contributed by atoms with van der Waals surface area (Å²) in [5.41, 5.74) is 6.40. The Balaban J connectivity index is 1.63. The zero-order valence-corrected chi connectivity index (χ0v) is 17.4. The fraction of sp³-hybridized carbons (Fsp3) is 0.286. The number of carbonyl (C=O) groups is 1. The van der Waals surface area contributed by atoms with Crippen LogP contribution in [0.2, 0.25) is 0 Å². The lowest BCUT2D eigenvalue weighted by Gasteiger charge is -2.33. The average molecular weight is 410 g/mol. The van der Waals surface area contributed by atoms with Gasteiger partial charge in [0, 0.05) is 12.1 Å². The average Bonchev–Trinajstić information content (AvgIpc) is 3.16. The van der Waals surface area contributed by atoms with Crippen molar-refractivity contribution in [2.75, 3.05) is 17.9 Å². The SMILES string of the molecule is CCc1nnc2n1N[C@H](c1ccc(C)cc1)[C@@H](C(=O)Nc1ccc(OC)cc1)S2. The number of carbonyl (C=O) groups excluding carboxylic acids is 1. The summed E-state index contributed by atoms with van der Waals surface area (Å²) >= 11 is 1.43. The van der Waals surface area contributed by atoms with Crippen molar-refractivity contribution in [1.82, 2.24) is 14.9 Å². The summed E-state index contributed by atoms with van der Waals surface area (Å²) in [6, 6.07) is 15.3. The summed E-state index contributed by atoms with van der Waals surface area (Å²) < 4.78 is 7.08. The molecule has 0 unspecified atom stereocenters. The Kier molecular flexibility index (Phi) is 5.44. The zero-order valence-electron chi connectivity index (χ0n) is 16.5. The third kappa shape index (κ3) is 3.93. The second-order valence-electron chi connectivity index (χ2n) is 6.86. The molecule has 8 heteroatoms. The van der Waals surface area contributed by atoms with E-state index in [4.69, 9.17) is 4.74 Å². The first-order valence-electron chi connectivity index (χ1n) is 9.48. The Bertz CT molecular complexity index is 1000. The molecular weight excluding hydrogens is 386 g/mol. The van der Waals surface area contributed by atoms with Crippen LogP contribution in [0, 0.1) is 6.92 Å². The van der Waals surface area contributed by atoms with Gasteiger partial charge in [-0.15, -0.1) is 10.2 Å². The fourth-order valence-electron chi connectivity index (χ4n) is 3.24. The van der Waals surface area contributed by atoms with Crippen molar-refractivity contribution < 1.29 is 9.53 Å². The fourth-order valence-corrected chi connectivity index (χ4v) is 4.34. The topological polar surface area (TPSA) is 81.1 Å². The minimum atomic E-state index is -0.402. The van der Waals surface area contributed by atoms with Crippen molar-refractivity contribution in [3.05, 3.63) is 65.5 Å². The number of nitrogens with one attached hydrogen (secondary N) is 2. The van der Waals surface area contributed by atoms with Gasteiger partial charge in [0.05, 0.1) is 13.2 Å². The second-order valence-corrected chi connectivity index (χ2v) is 7.97. The molecule has 0 spiro atoms. The molecule has 0 bridgehead atoms. The molecule has 0 aliphatic carbocycles. The van der Waals surface area contributed by atoms with Gasteiger partial charge < -0.3 is 15.5 Å². The lowest BCUT2D eigenvalue weighted by molar-refractivity contribution is -0.116. The minimum Gasteiger partial charge on any atom is -0.497 e. The summed E-state index contributed by atoms with van der Waals surface area (Å²) in [4.78, 5) is 13.2. The highest BCUT2D eigenvalue weighted by molar-refractivity contribution is 8.00. The van der Waals surface area contributed by atoms with Crippen molar-refractivity contribution >= 4 is 23.4 Å². The number of ether oxygens (including phenoxy) is 1. The lowest BCUT2D eigenvalue weighted by atomic mass is 10.0. The number of aromatic nitrogens is 3. The summed E-state index contributed by atoms with van der Waals surface area (Å²) in [6.45, 7) is 4.08. The van der Waals surface area contributed by atoms with Crippen LogP contribution in [-0.2, 0) is 11.2 Å². The Morgan fingerprint density at radius 1 is 1.17 bits per heavy atom. The molecule has 4 rings (SSSR count). The molecule has 1 aromatic heterocycles. The third-order valence-electron chi connectivity index (χ3n) is 4.87. The number of amides is 1. The predicted octanol–water partition coefficient (Wildman–Crippen LogP) is 3.56. The molecule has 1 aliphatic rings. The van der Waals surface area contributed by atoms with E-state index in [1.54, 1.807) is 7.11 Å². The number of hydrogen-bond donors (Lipinski definition) is 2.